The Morgan fingerprint density at radius 1 is 1.40 bits per heavy atom. The summed E-state index contributed by atoms with van der Waals surface area (Å²) in [5.74, 6) is 0. The quantitative estimate of drug-likeness (QED) is 0.386. The van der Waals surface area contributed by atoms with Gasteiger partial charge in [-0.15, -0.1) is 0 Å². The molecular formula is H2LiO3V. The summed E-state index contributed by atoms with van der Waals surface area (Å²) in [6.45, 7) is 0. The predicted octanol–water partition coefficient (Wildman–Crippen LogP) is -1.45. The van der Waals surface area contributed by atoms with E-state index >= 15 is 0 Å². The summed E-state index contributed by atoms with van der Waals surface area (Å²) in [5, 5.41) is 0. The average molecular weight is 108 g/mol. The van der Waals surface area contributed by atoms with E-state index in [2.05, 4.69) is 0 Å². The van der Waals surface area contributed by atoms with Crippen molar-refractivity contribution < 1.29 is 26.8 Å². The Bertz CT molecular complexity index is 55.3. The molecule has 0 fully saturated rings. The fourth-order valence-corrected chi connectivity index (χ4v) is 0. The second-order valence-electron chi connectivity index (χ2n) is 0.238. The van der Waals surface area contributed by atoms with Gasteiger partial charge in [0.1, 0.15) is 0 Å². The van der Waals surface area contributed by atoms with Crippen LogP contribution in [0.2, 0.25) is 0 Å². The maximum atomic E-state index is 8.67. The topological polar surface area (TPSA) is 54.4 Å². The van der Waals surface area contributed by atoms with Crippen molar-refractivity contribution in [2.75, 3.05) is 0 Å². The van der Waals surface area contributed by atoms with Gasteiger partial charge in [-0.05, 0) is 0 Å². The van der Waals surface area contributed by atoms with Gasteiger partial charge in [0.25, 0.3) is 0 Å². The third-order valence-corrected chi connectivity index (χ3v) is 0. The van der Waals surface area contributed by atoms with Crippen LogP contribution in [0.5, 0.6) is 0 Å². The molecule has 0 bridgehead atoms. The molecular weight excluding hydrogens is 106 g/mol. The van der Waals surface area contributed by atoms with Crippen LogP contribution in [0, 0.1) is 0 Å². The van der Waals surface area contributed by atoms with Crippen molar-refractivity contribution in [2.24, 2.45) is 0 Å². The van der Waals surface area contributed by atoms with Crippen molar-refractivity contribution in [2.45, 2.75) is 0 Å². The minimum absolute atomic E-state index is 0. The summed E-state index contributed by atoms with van der Waals surface area (Å²) in [7, 11) is 0. The molecule has 0 aromatic rings. The first-order valence-corrected chi connectivity index (χ1v) is 2.33. The molecule has 26 valence electrons. The van der Waals surface area contributed by atoms with Crippen molar-refractivity contribution in [3.05, 3.63) is 0 Å². The molecule has 0 saturated carbocycles. The standard InChI is InChI=1S/Li.H2O.2O.V.H/h;1H2;;;;/q;;;;+1;/p-1. The Morgan fingerprint density at radius 3 is 1.40 bits per heavy atom. The van der Waals surface area contributed by atoms with Gasteiger partial charge in [-0.2, -0.15) is 0 Å². The van der Waals surface area contributed by atoms with Gasteiger partial charge in [0.2, 0.25) is 0 Å². The van der Waals surface area contributed by atoms with Crippen molar-refractivity contribution in [3.8, 4) is 0 Å². The van der Waals surface area contributed by atoms with Crippen molar-refractivity contribution in [1.82, 2.24) is 0 Å². The molecule has 0 heterocycles. The van der Waals surface area contributed by atoms with Gasteiger partial charge in [-0.1, -0.05) is 0 Å². The first kappa shape index (κ1) is 9.22. The molecule has 5 heavy (non-hydrogen) atoms. The molecule has 0 radical (unpaired) electrons. The summed E-state index contributed by atoms with van der Waals surface area (Å²) in [4.78, 5) is 0. The molecule has 5 heteroatoms. The molecule has 3 nitrogen and oxygen atoms in total. The van der Waals surface area contributed by atoms with Crippen molar-refractivity contribution >= 4 is 18.9 Å². The minimum atomic E-state index is -3.69. The average Bonchev–Trinajstić information content (AvgIpc) is 0.811. The van der Waals surface area contributed by atoms with E-state index in [1.807, 2.05) is 0 Å². The van der Waals surface area contributed by atoms with E-state index in [-0.39, 0.29) is 18.9 Å². The number of rotatable bonds is 0. The van der Waals surface area contributed by atoms with Crippen LogP contribution >= 0.6 is 0 Å². The zero-order valence-electron chi connectivity index (χ0n) is 1.71. The number of hydrogen-bond acceptors (Lipinski definition) is 2. The summed E-state index contributed by atoms with van der Waals surface area (Å²) < 4.78 is 24.4. The predicted molar refractivity (Wildman–Crippen MR) is 10.7 cm³/mol. The molecule has 0 atom stereocenters. The zero-order chi connectivity index (χ0) is 3.58. The zero-order valence-corrected chi connectivity index (χ0v) is 3.11. The Balaban J connectivity index is 0. The molecule has 0 amide bonds. The van der Waals surface area contributed by atoms with Gasteiger partial charge >= 0.3 is 45.6 Å². The van der Waals surface area contributed by atoms with E-state index in [9.17, 15) is 0 Å². The second-order valence-corrected chi connectivity index (χ2v) is 0.981. The second kappa shape index (κ2) is 4.74. The van der Waals surface area contributed by atoms with Gasteiger partial charge in [-0.25, -0.2) is 0 Å². The Kier molecular flexibility index (Phi) is 8.74. The summed E-state index contributed by atoms with van der Waals surface area (Å²) >= 11 is -3.69. The molecule has 0 aromatic carbocycles. The molecule has 0 spiro atoms. The molecule has 0 rings (SSSR count). The van der Waals surface area contributed by atoms with Crippen LogP contribution < -0.4 is 0 Å². The third-order valence-electron chi connectivity index (χ3n) is 0. The van der Waals surface area contributed by atoms with Gasteiger partial charge in [0.15, 0.2) is 0 Å². The Labute approximate surface area is 45.9 Å². The van der Waals surface area contributed by atoms with E-state index in [0.29, 0.717) is 0 Å². The third kappa shape index (κ3) is 64.8. The van der Waals surface area contributed by atoms with Gasteiger partial charge in [-0.3, -0.25) is 0 Å². The molecule has 0 unspecified atom stereocenters. The molecule has 0 aliphatic rings. The monoisotopic (exact) mass is 108 g/mol. The van der Waals surface area contributed by atoms with Crippen LogP contribution in [0.3, 0.4) is 0 Å². The van der Waals surface area contributed by atoms with E-state index < -0.39 is 15.4 Å². The van der Waals surface area contributed by atoms with Gasteiger partial charge < -0.3 is 0 Å². The SMILES string of the molecule is [LiH].[O]=[V](=[O])[OH]. The fourth-order valence-electron chi connectivity index (χ4n) is 0. The Hall–Kier alpha value is 0.742. The first-order valence-electron chi connectivity index (χ1n) is 0.565. The number of hydrogen-bond donors (Lipinski definition) is 1. The summed E-state index contributed by atoms with van der Waals surface area (Å²) in [6.07, 6.45) is 0. The normalized spacial score (nSPS) is 5.00. The van der Waals surface area contributed by atoms with E-state index in [1.54, 1.807) is 0 Å². The molecule has 0 saturated heterocycles. The van der Waals surface area contributed by atoms with Crippen LogP contribution in [0.25, 0.3) is 0 Å². The maximum absolute atomic E-state index is 8.67. The van der Waals surface area contributed by atoms with Crippen molar-refractivity contribution in [3.63, 3.8) is 0 Å². The van der Waals surface area contributed by atoms with Crippen LogP contribution in [0.15, 0.2) is 0 Å². The summed E-state index contributed by atoms with van der Waals surface area (Å²) in [5.41, 5.74) is 0. The molecule has 0 aliphatic heterocycles. The van der Waals surface area contributed by atoms with Crippen LogP contribution in [-0.2, 0) is 22.7 Å². The van der Waals surface area contributed by atoms with Crippen LogP contribution in [0.4, 0.5) is 0 Å². The van der Waals surface area contributed by atoms with E-state index in [1.165, 1.54) is 0 Å². The van der Waals surface area contributed by atoms with Gasteiger partial charge in [0, 0.05) is 0 Å². The molecule has 0 aliphatic carbocycles. The van der Waals surface area contributed by atoms with E-state index in [0.717, 1.165) is 0 Å². The van der Waals surface area contributed by atoms with Gasteiger partial charge in [0.05, 0.1) is 0 Å². The first-order chi connectivity index (χ1) is 1.73. The summed E-state index contributed by atoms with van der Waals surface area (Å²) in [6, 6.07) is 0. The Morgan fingerprint density at radius 2 is 1.40 bits per heavy atom. The molecule has 1 N–H and O–H groups in total. The van der Waals surface area contributed by atoms with E-state index in [4.69, 9.17) is 11.4 Å². The fraction of sp³-hybridized carbons (Fsp3) is 0. The van der Waals surface area contributed by atoms with Crippen LogP contribution in [-0.4, -0.2) is 22.9 Å². The van der Waals surface area contributed by atoms with Crippen molar-refractivity contribution in [1.29, 1.82) is 0 Å². The molecule has 0 aromatic heterocycles. The van der Waals surface area contributed by atoms with Crippen LogP contribution in [0.1, 0.15) is 0 Å².